The van der Waals surface area contributed by atoms with Crippen molar-refractivity contribution in [3.8, 4) is 23.0 Å². The van der Waals surface area contributed by atoms with E-state index in [9.17, 15) is 14.2 Å². The number of ether oxygens (including phenoxy) is 4. The van der Waals surface area contributed by atoms with Gasteiger partial charge in [-0.1, -0.05) is 63.2 Å². The summed E-state index contributed by atoms with van der Waals surface area (Å²) in [6, 6.07) is 19.5. The Balaban J connectivity index is 2.10. The van der Waals surface area contributed by atoms with Crippen molar-refractivity contribution in [1.29, 1.82) is 0 Å². The van der Waals surface area contributed by atoms with Gasteiger partial charge < -0.3 is 23.5 Å². The van der Waals surface area contributed by atoms with Gasteiger partial charge in [0, 0.05) is 11.5 Å². The lowest BCUT2D eigenvalue weighted by Crippen LogP contribution is -2.39. The van der Waals surface area contributed by atoms with E-state index in [2.05, 4.69) is 0 Å². The lowest BCUT2D eigenvalue weighted by Gasteiger charge is -2.35. The number of rotatable bonds is 14. The zero-order valence-electron chi connectivity index (χ0n) is 24.3. The Morgan fingerprint density at radius 1 is 0.700 bits per heavy atom. The highest BCUT2D eigenvalue weighted by Crippen LogP contribution is 2.45. The van der Waals surface area contributed by atoms with Crippen LogP contribution in [0.5, 0.6) is 23.0 Å². The SMILES string of the molecule is COc1cccc(OC)c1C(=O)C(C(=O)c1c(OC)cccc1OC)C(C)(C)CC(C)C[PH](=O)c1ccccc1. The van der Waals surface area contributed by atoms with Crippen LogP contribution in [0.1, 0.15) is 47.9 Å². The second-order valence-electron chi connectivity index (χ2n) is 10.5. The molecule has 2 atom stereocenters. The molecule has 3 rings (SSSR count). The Labute approximate surface area is 237 Å². The minimum absolute atomic E-state index is 0.0381. The molecule has 0 aliphatic carbocycles. The van der Waals surface area contributed by atoms with Gasteiger partial charge in [0.15, 0.2) is 11.6 Å². The lowest BCUT2D eigenvalue weighted by molar-refractivity contribution is 0.0635. The molecule has 3 aromatic carbocycles. The van der Waals surface area contributed by atoms with Crippen LogP contribution >= 0.6 is 7.80 Å². The number of carbonyl (C=O) groups excluding carboxylic acids is 2. The standard InChI is InChI=1S/C32H39O7P/c1-21(20-40(35)22-13-9-8-10-14-22)19-32(2,3)29(30(33)27-23(36-4)15-11-16-24(27)37-5)31(34)28-25(38-6)17-12-18-26(28)39-7/h8-18,21,29,40H,19-20H2,1-7H3. The highest BCUT2D eigenvalue weighted by molar-refractivity contribution is 7.53. The molecule has 0 aromatic heterocycles. The molecule has 0 spiro atoms. The molecule has 40 heavy (non-hydrogen) atoms. The van der Waals surface area contributed by atoms with E-state index in [0.717, 1.165) is 5.30 Å². The molecule has 0 fully saturated rings. The summed E-state index contributed by atoms with van der Waals surface area (Å²) >= 11 is 0. The minimum Gasteiger partial charge on any atom is -0.496 e. The van der Waals surface area contributed by atoms with Crippen molar-refractivity contribution in [3.63, 3.8) is 0 Å². The van der Waals surface area contributed by atoms with Gasteiger partial charge in [0.05, 0.1) is 34.4 Å². The van der Waals surface area contributed by atoms with Crippen LogP contribution in [-0.2, 0) is 4.57 Å². The van der Waals surface area contributed by atoms with E-state index in [0.29, 0.717) is 35.6 Å². The van der Waals surface area contributed by atoms with Gasteiger partial charge in [0.1, 0.15) is 41.9 Å². The normalized spacial score (nSPS) is 12.9. The molecule has 0 saturated carbocycles. The van der Waals surface area contributed by atoms with Gasteiger partial charge in [-0.25, -0.2) is 0 Å². The Bertz CT molecular complexity index is 1240. The average Bonchev–Trinajstić information content (AvgIpc) is 2.95. The Kier molecular flexibility index (Phi) is 10.6. The Hall–Kier alpha value is -3.57. The van der Waals surface area contributed by atoms with E-state index in [1.165, 1.54) is 28.4 Å². The first kappa shape index (κ1) is 31.0. The van der Waals surface area contributed by atoms with Crippen molar-refractivity contribution in [2.75, 3.05) is 34.6 Å². The molecular weight excluding hydrogens is 527 g/mol. The van der Waals surface area contributed by atoms with E-state index in [4.69, 9.17) is 18.9 Å². The Morgan fingerprint density at radius 3 is 1.48 bits per heavy atom. The molecule has 0 saturated heterocycles. The first-order valence-electron chi connectivity index (χ1n) is 13.2. The summed E-state index contributed by atoms with van der Waals surface area (Å²) < 4.78 is 35.3. The summed E-state index contributed by atoms with van der Waals surface area (Å²) in [5.74, 6) is -0.799. The zero-order valence-corrected chi connectivity index (χ0v) is 25.3. The van der Waals surface area contributed by atoms with Gasteiger partial charge >= 0.3 is 0 Å². The number of hydrogen-bond acceptors (Lipinski definition) is 7. The third kappa shape index (κ3) is 6.76. The third-order valence-electron chi connectivity index (χ3n) is 7.16. The monoisotopic (exact) mass is 566 g/mol. The van der Waals surface area contributed by atoms with Crippen LogP contribution in [-0.4, -0.2) is 46.2 Å². The largest absolute Gasteiger partial charge is 0.496 e. The van der Waals surface area contributed by atoms with Crippen molar-refractivity contribution in [2.24, 2.45) is 17.3 Å². The number of Topliss-reactive ketones (excluding diaryl/α,β-unsaturated/α-hetero) is 2. The molecule has 0 heterocycles. The van der Waals surface area contributed by atoms with Gasteiger partial charge in [0.2, 0.25) is 0 Å². The van der Waals surface area contributed by atoms with Gasteiger partial charge in [-0.15, -0.1) is 0 Å². The summed E-state index contributed by atoms with van der Waals surface area (Å²) in [7, 11) is 3.84. The van der Waals surface area contributed by atoms with Crippen LogP contribution in [0.4, 0.5) is 0 Å². The summed E-state index contributed by atoms with van der Waals surface area (Å²) in [6.45, 7) is 5.80. The number of ketones is 2. The maximum absolute atomic E-state index is 14.5. The van der Waals surface area contributed by atoms with Crippen LogP contribution in [0.25, 0.3) is 0 Å². The molecule has 0 aliphatic rings. The fourth-order valence-electron chi connectivity index (χ4n) is 5.45. The summed E-state index contributed by atoms with van der Waals surface area (Å²) in [4.78, 5) is 28.9. The third-order valence-corrected chi connectivity index (χ3v) is 9.20. The first-order chi connectivity index (χ1) is 19.1. The van der Waals surface area contributed by atoms with Crippen LogP contribution in [0, 0.1) is 17.3 Å². The van der Waals surface area contributed by atoms with E-state index in [1.54, 1.807) is 36.4 Å². The molecule has 7 nitrogen and oxygen atoms in total. The topological polar surface area (TPSA) is 88.1 Å². The summed E-state index contributed by atoms with van der Waals surface area (Å²) in [6.07, 6.45) is 0.927. The maximum Gasteiger partial charge on any atom is 0.181 e. The second-order valence-corrected chi connectivity index (χ2v) is 12.4. The van der Waals surface area contributed by atoms with E-state index < -0.39 is 30.7 Å². The molecule has 3 aromatic rings. The quantitative estimate of drug-likeness (QED) is 0.128. The van der Waals surface area contributed by atoms with Crippen LogP contribution < -0.4 is 24.3 Å². The van der Waals surface area contributed by atoms with Crippen LogP contribution in [0.3, 0.4) is 0 Å². The molecule has 2 unspecified atom stereocenters. The predicted octanol–water partition coefficient (Wildman–Crippen LogP) is 6.34. The molecule has 214 valence electrons. The molecule has 0 radical (unpaired) electrons. The fraction of sp³-hybridized carbons (Fsp3) is 0.375. The second kappa shape index (κ2) is 13.7. The molecule has 0 bridgehead atoms. The van der Waals surface area contributed by atoms with Crippen molar-refractivity contribution in [1.82, 2.24) is 0 Å². The van der Waals surface area contributed by atoms with Gasteiger partial charge in [-0.3, -0.25) is 9.59 Å². The highest BCUT2D eigenvalue weighted by atomic mass is 31.1. The van der Waals surface area contributed by atoms with Crippen LogP contribution in [0.2, 0.25) is 0 Å². The smallest absolute Gasteiger partial charge is 0.181 e. The lowest BCUT2D eigenvalue weighted by atomic mass is 9.67. The van der Waals surface area contributed by atoms with Gasteiger partial charge in [-0.05, 0) is 42.0 Å². The minimum atomic E-state index is -2.05. The Morgan fingerprint density at radius 2 is 1.10 bits per heavy atom. The molecule has 0 N–H and O–H groups in total. The van der Waals surface area contributed by atoms with Gasteiger partial charge in [0.25, 0.3) is 0 Å². The van der Waals surface area contributed by atoms with Crippen molar-refractivity contribution in [2.45, 2.75) is 27.2 Å². The van der Waals surface area contributed by atoms with Crippen molar-refractivity contribution >= 4 is 24.7 Å². The number of carbonyl (C=O) groups is 2. The molecular formula is C32H39O7P. The van der Waals surface area contributed by atoms with E-state index >= 15 is 0 Å². The summed E-state index contributed by atoms with van der Waals surface area (Å²) in [5, 5.41) is 0.818. The number of hydrogen-bond donors (Lipinski definition) is 0. The average molecular weight is 567 g/mol. The van der Waals surface area contributed by atoms with Crippen molar-refractivity contribution < 1.29 is 33.1 Å². The van der Waals surface area contributed by atoms with Gasteiger partial charge in [-0.2, -0.15) is 0 Å². The maximum atomic E-state index is 14.5. The van der Waals surface area contributed by atoms with E-state index in [1.807, 2.05) is 51.1 Å². The number of benzene rings is 3. The van der Waals surface area contributed by atoms with E-state index in [-0.39, 0.29) is 17.0 Å². The van der Waals surface area contributed by atoms with Crippen molar-refractivity contribution in [3.05, 3.63) is 77.9 Å². The number of methoxy groups -OCH3 is 4. The molecule has 0 aliphatic heterocycles. The molecule has 8 heteroatoms. The predicted molar refractivity (Wildman–Crippen MR) is 159 cm³/mol. The molecule has 0 amide bonds. The zero-order chi connectivity index (χ0) is 29.4. The van der Waals surface area contributed by atoms with Crippen LogP contribution in [0.15, 0.2) is 66.7 Å². The fourth-order valence-corrected chi connectivity index (χ4v) is 7.03. The summed E-state index contributed by atoms with van der Waals surface area (Å²) in [5.41, 5.74) is -0.471. The highest BCUT2D eigenvalue weighted by Gasteiger charge is 2.45. The first-order valence-corrected chi connectivity index (χ1v) is 14.8.